The van der Waals surface area contributed by atoms with Crippen LogP contribution in [-0.2, 0) is 6.54 Å². The van der Waals surface area contributed by atoms with Gasteiger partial charge in [-0.1, -0.05) is 18.2 Å². The SMILES string of the molecule is COc1ccccc1C(=O)NCc1ccc(C(=O)O)nc1. The second-order valence-electron chi connectivity index (χ2n) is 4.24. The number of aromatic carboxylic acids is 1. The van der Waals surface area contributed by atoms with Crippen molar-refractivity contribution in [2.75, 3.05) is 7.11 Å². The van der Waals surface area contributed by atoms with E-state index in [0.29, 0.717) is 16.9 Å². The summed E-state index contributed by atoms with van der Waals surface area (Å²) >= 11 is 0. The molecule has 0 aliphatic carbocycles. The van der Waals surface area contributed by atoms with E-state index in [1.54, 1.807) is 30.3 Å². The first kappa shape index (κ1) is 14.5. The number of hydrogen-bond acceptors (Lipinski definition) is 4. The standard InChI is InChI=1S/C15H14N2O4/c1-21-13-5-3-2-4-11(13)14(18)17-9-10-6-7-12(15(19)20)16-8-10/h2-8H,9H2,1H3,(H,17,18)(H,19,20). The van der Waals surface area contributed by atoms with Gasteiger partial charge in [-0.05, 0) is 23.8 Å². The maximum atomic E-state index is 12.1. The van der Waals surface area contributed by atoms with Gasteiger partial charge in [-0.15, -0.1) is 0 Å². The third-order valence-electron chi connectivity index (χ3n) is 2.85. The van der Waals surface area contributed by atoms with E-state index < -0.39 is 5.97 Å². The Morgan fingerprint density at radius 3 is 2.62 bits per heavy atom. The average molecular weight is 286 g/mol. The van der Waals surface area contributed by atoms with E-state index in [4.69, 9.17) is 9.84 Å². The third-order valence-corrected chi connectivity index (χ3v) is 2.85. The van der Waals surface area contributed by atoms with Gasteiger partial charge in [-0.3, -0.25) is 4.79 Å². The quantitative estimate of drug-likeness (QED) is 0.873. The Morgan fingerprint density at radius 1 is 1.24 bits per heavy atom. The summed E-state index contributed by atoms with van der Waals surface area (Å²) in [6.45, 7) is 0.254. The maximum absolute atomic E-state index is 12.1. The van der Waals surface area contributed by atoms with Gasteiger partial charge in [0.2, 0.25) is 0 Å². The van der Waals surface area contributed by atoms with Crippen molar-refractivity contribution in [3.8, 4) is 5.75 Å². The molecule has 0 saturated carbocycles. The van der Waals surface area contributed by atoms with Crippen LogP contribution in [0.15, 0.2) is 42.6 Å². The molecule has 2 aromatic rings. The number of methoxy groups -OCH3 is 1. The van der Waals surface area contributed by atoms with Crippen molar-refractivity contribution in [1.82, 2.24) is 10.3 Å². The molecule has 0 bridgehead atoms. The van der Waals surface area contributed by atoms with Gasteiger partial charge in [0.1, 0.15) is 11.4 Å². The number of rotatable bonds is 5. The Labute approximate surface area is 121 Å². The van der Waals surface area contributed by atoms with Gasteiger partial charge < -0.3 is 15.2 Å². The minimum atomic E-state index is -1.08. The molecule has 2 rings (SSSR count). The zero-order valence-corrected chi connectivity index (χ0v) is 11.4. The van der Waals surface area contributed by atoms with Crippen LogP contribution in [0.25, 0.3) is 0 Å². The highest BCUT2D eigenvalue weighted by atomic mass is 16.5. The molecule has 0 fully saturated rings. The molecule has 1 heterocycles. The number of carbonyl (C=O) groups excluding carboxylic acids is 1. The molecule has 0 unspecified atom stereocenters. The first-order valence-corrected chi connectivity index (χ1v) is 6.21. The molecule has 6 heteroatoms. The first-order chi connectivity index (χ1) is 10.1. The summed E-state index contributed by atoms with van der Waals surface area (Å²) < 4.78 is 5.12. The average Bonchev–Trinajstić information content (AvgIpc) is 2.52. The van der Waals surface area contributed by atoms with Crippen molar-refractivity contribution < 1.29 is 19.4 Å². The van der Waals surface area contributed by atoms with Crippen LogP contribution in [0.1, 0.15) is 26.4 Å². The molecule has 0 saturated heterocycles. The molecule has 21 heavy (non-hydrogen) atoms. The fourth-order valence-electron chi connectivity index (χ4n) is 1.77. The molecule has 2 N–H and O–H groups in total. The number of benzene rings is 1. The lowest BCUT2D eigenvalue weighted by molar-refractivity contribution is 0.0690. The predicted molar refractivity (Wildman–Crippen MR) is 75.4 cm³/mol. The molecule has 1 aromatic heterocycles. The summed E-state index contributed by atoms with van der Waals surface area (Å²) in [5, 5.41) is 11.5. The smallest absolute Gasteiger partial charge is 0.354 e. The number of aromatic nitrogens is 1. The Kier molecular flexibility index (Phi) is 4.50. The van der Waals surface area contributed by atoms with Gasteiger partial charge in [0.05, 0.1) is 12.7 Å². The molecule has 1 aromatic carbocycles. The highest BCUT2D eigenvalue weighted by molar-refractivity contribution is 5.96. The lowest BCUT2D eigenvalue weighted by Crippen LogP contribution is -2.23. The van der Waals surface area contributed by atoms with Gasteiger partial charge >= 0.3 is 5.97 Å². The summed E-state index contributed by atoms with van der Waals surface area (Å²) in [6, 6.07) is 9.91. The Morgan fingerprint density at radius 2 is 2.00 bits per heavy atom. The fourth-order valence-corrected chi connectivity index (χ4v) is 1.77. The van der Waals surface area contributed by atoms with Gasteiger partial charge in [-0.2, -0.15) is 0 Å². The van der Waals surface area contributed by atoms with Gasteiger partial charge in [0.15, 0.2) is 0 Å². The van der Waals surface area contributed by atoms with Crippen LogP contribution in [-0.4, -0.2) is 29.1 Å². The zero-order valence-electron chi connectivity index (χ0n) is 11.4. The lowest BCUT2D eigenvalue weighted by Gasteiger charge is -2.09. The number of amides is 1. The van der Waals surface area contributed by atoms with Crippen molar-refractivity contribution in [2.45, 2.75) is 6.54 Å². The van der Waals surface area contributed by atoms with E-state index >= 15 is 0 Å². The number of para-hydroxylation sites is 1. The van der Waals surface area contributed by atoms with Crippen LogP contribution in [0, 0.1) is 0 Å². The number of pyridine rings is 1. The number of nitrogens with zero attached hydrogens (tertiary/aromatic N) is 1. The van der Waals surface area contributed by atoms with Crippen LogP contribution in [0.5, 0.6) is 5.75 Å². The Hall–Kier alpha value is -2.89. The molecule has 0 aliphatic heterocycles. The van der Waals surface area contributed by atoms with E-state index in [1.807, 2.05) is 0 Å². The molecule has 108 valence electrons. The van der Waals surface area contributed by atoms with Crippen LogP contribution >= 0.6 is 0 Å². The second-order valence-corrected chi connectivity index (χ2v) is 4.24. The van der Waals surface area contributed by atoms with Crippen molar-refractivity contribution in [1.29, 1.82) is 0 Å². The highest BCUT2D eigenvalue weighted by Crippen LogP contribution is 2.16. The highest BCUT2D eigenvalue weighted by Gasteiger charge is 2.11. The molecular weight excluding hydrogens is 272 g/mol. The Bertz CT molecular complexity index is 653. The van der Waals surface area contributed by atoms with Crippen molar-refractivity contribution in [2.24, 2.45) is 0 Å². The molecule has 0 spiro atoms. The lowest BCUT2D eigenvalue weighted by atomic mass is 10.2. The van der Waals surface area contributed by atoms with Gasteiger partial charge in [0.25, 0.3) is 5.91 Å². The number of carboxylic acid groups (broad SMARTS) is 1. The number of carboxylic acids is 1. The summed E-state index contributed by atoms with van der Waals surface area (Å²) in [7, 11) is 1.50. The Balaban J connectivity index is 2.02. The fraction of sp³-hybridized carbons (Fsp3) is 0.133. The summed E-state index contributed by atoms with van der Waals surface area (Å²) in [5.74, 6) is -0.858. The summed E-state index contributed by atoms with van der Waals surface area (Å²) in [4.78, 5) is 26.5. The summed E-state index contributed by atoms with van der Waals surface area (Å²) in [6.07, 6.45) is 1.42. The largest absolute Gasteiger partial charge is 0.496 e. The molecule has 1 amide bonds. The number of hydrogen-bond donors (Lipinski definition) is 2. The van der Waals surface area contributed by atoms with Crippen molar-refractivity contribution >= 4 is 11.9 Å². The molecule has 0 atom stereocenters. The third kappa shape index (κ3) is 3.56. The molecule has 0 aliphatic rings. The van der Waals surface area contributed by atoms with Crippen LogP contribution in [0.4, 0.5) is 0 Å². The molecule has 0 radical (unpaired) electrons. The van der Waals surface area contributed by atoms with E-state index in [1.165, 1.54) is 19.4 Å². The summed E-state index contributed by atoms with van der Waals surface area (Å²) in [5.41, 5.74) is 1.12. The molecule has 6 nitrogen and oxygen atoms in total. The molecular formula is C15H14N2O4. The van der Waals surface area contributed by atoms with Crippen molar-refractivity contribution in [3.05, 3.63) is 59.4 Å². The van der Waals surface area contributed by atoms with Crippen molar-refractivity contribution in [3.63, 3.8) is 0 Å². The van der Waals surface area contributed by atoms with E-state index in [-0.39, 0.29) is 18.1 Å². The topological polar surface area (TPSA) is 88.5 Å². The number of carbonyl (C=O) groups is 2. The van der Waals surface area contributed by atoms with E-state index in [9.17, 15) is 9.59 Å². The van der Waals surface area contributed by atoms with Gasteiger partial charge in [-0.25, -0.2) is 9.78 Å². The van der Waals surface area contributed by atoms with E-state index in [2.05, 4.69) is 10.3 Å². The minimum absolute atomic E-state index is 0.0326. The number of nitrogens with one attached hydrogen (secondary N) is 1. The van der Waals surface area contributed by atoms with Crippen LogP contribution in [0.2, 0.25) is 0 Å². The van der Waals surface area contributed by atoms with Crippen LogP contribution in [0.3, 0.4) is 0 Å². The van der Waals surface area contributed by atoms with E-state index in [0.717, 1.165) is 0 Å². The zero-order chi connectivity index (χ0) is 15.2. The first-order valence-electron chi connectivity index (χ1n) is 6.21. The maximum Gasteiger partial charge on any atom is 0.354 e. The van der Waals surface area contributed by atoms with Crippen LogP contribution < -0.4 is 10.1 Å². The predicted octanol–water partition coefficient (Wildman–Crippen LogP) is 1.72. The monoisotopic (exact) mass is 286 g/mol. The normalized spacial score (nSPS) is 9.95. The second kappa shape index (κ2) is 6.51. The minimum Gasteiger partial charge on any atom is -0.496 e. The number of ether oxygens (including phenoxy) is 1. The van der Waals surface area contributed by atoms with Gasteiger partial charge in [0, 0.05) is 12.7 Å².